The zero-order valence-electron chi connectivity index (χ0n) is 11.1. The van der Waals surface area contributed by atoms with Crippen LogP contribution in [0, 0.1) is 5.92 Å². The molecule has 8 heteroatoms. The molecule has 0 bridgehead atoms. The summed E-state index contributed by atoms with van der Waals surface area (Å²) < 4.78 is 27.6. The summed E-state index contributed by atoms with van der Waals surface area (Å²) in [5, 5.41) is 7.86. The summed E-state index contributed by atoms with van der Waals surface area (Å²) in [6.07, 6.45) is 4.58. The molecule has 1 unspecified atom stereocenters. The second-order valence-corrected chi connectivity index (χ2v) is 7.35. The monoisotopic (exact) mass is 364 g/mol. The first-order chi connectivity index (χ1) is 9.29. The number of hydrogen-bond donors (Lipinski definition) is 2. The summed E-state index contributed by atoms with van der Waals surface area (Å²) in [5.74, 6) is -0.0270. The first-order valence-electron chi connectivity index (χ1n) is 6.42. The highest BCUT2D eigenvalue weighted by atomic mass is 79.9. The minimum absolute atomic E-state index is 0.0341. The number of sulfonamides is 1. The number of nitrogens with two attached hydrogens (primary N) is 1. The van der Waals surface area contributed by atoms with E-state index >= 15 is 0 Å². The van der Waals surface area contributed by atoms with Crippen LogP contribution in [0.3, 0.4) is 0 Å². The smallest absolute Gasteiger partial charge is 0.287 e. The fourth-order valence-electron chi connectivity index (χ4n) is 2.51. The van der Waals surface area contributed by atoms with Gasteiger partial charge in [0.05, 0.1) is 0 Å². The molecule has 0 radical (unpaired) electrons. The third-order valence-corrected chi connectivity index (χ3v) is 5.42. The first kappa shape index (κ1) is 15.5. The van der Waals surface area contributed by atoms with Crippen LogP contribution in [0.2, 0.25) is 0 Å². The van der Waals surface area contributed by atoms with Gasteiger partial charge < -0.3 is 9.73 Å². The second-order valence-electron chi connectivity index (χ2n) is 5.10. The van der Waals surface area contributed by atoms with Crippen LogP contribution in [0.15, 0.2) is 20.0 Å². The number of rotatable bonds is 4. The van der Waals surface area contributed by atoms with Gasteiger partial charge in [0.15, 0.2) is 10.4 Å². The van der Waals surface area contributed by atoms with Crippen molar-refractivity contribution < 1.29 is 17.6 Å². The van der Waals surface area contributed by atoms with Gasteiger partial charge in [-0.1, -0.05) is 12.8 Å². The van der Waals surface area contributed by atoms with Crippen molar-refractivity contribution in [2.24, 2.45) is 11.1 Å². The molecule has 1 aliphatic rings. The van der Waals surface area contributed by atoms with Gasteiger partial charge in [-0.25, -0.2) is 13.6 Å². The highest BCUT2D eigenvalue weighted by molar-refractivity contribution is 9.10. The molecule has 20 heavy (non-hydrogen) atoms. The zero-order valence-corrected chi connectivity index (χ0v) is 13.5. The van der Waals surface area contributed by atoms with Crippen molar-refractivity contribution >= 4 is 31.9 Å². The summed E-state index contributed by atoms with van der Waals surface area (Å²) in [7, 11) is -3.91. The second kappa shape index (κ2) is 5.87. The van der Waals surface area contributed by atoms with E-state index in [1.54, 1.807) is 0 Å². The molecule has 1 fully saturated rings. The Kier molecular flexibility index (Phi) is 4.55. The quantitative estimate of drug-likeness (QED) is 0.852. The maximum Gasteiger partial charge on any atom is 0.287 e. The van der Waals surface area contributed by atoms with Crippen molar-refractivity contribution in [2.45, 2.75) is 43.5 Å². The van der Waals surface area contributed by atoms with Crippen molar-refractivity contribution in [3.63, 3.8) is 0 Å². The van der Waals surface area contributed by atoms with Crippen molar-refractivity contribution in [1.29, 1.82) is 0 Å². The first-order valence-corrected chi connectivity index (χ1v) is 8.76. The Morgan fingerprint density at radius 2 is 2.10 bits per heavy atom. The van der Waals surface area contributed by atoms with Crippen LogP contribution in [-0.2, 0) is 10.0 Å². The lowest BCUT2D eigenvalue weighted by Gasteiger charge is -2.19. The van der Waals surface area contributed by atoms with E-state index < -0.39 is 15.9 Å². The Morgan fingerprint density at radius 1 is 1.50 bits per heavy atom. The summed E-state index contributed by atoms with van der Waals surface area (Å²) in [4.78, 5) is 11.8. The lowest BCUT2D eigenvalue weighted by molar-refractivity contribution is 0.0897. The molecular weight excluding hydrogens is 348 g/mol. The fraction of sp³-hybridized carbons (Fsp3) is 0.583. The standard InChI is InChI=1S/C12H17BrN2O4S/c1-7(8-4-2-3-5-8)15-12(16)9-6-10(11(13)19-9)20(14,17)18/h6-8H,2-5H2,1H3,(H,15,16)(H2,14,17,18). The number of hydrogen-bond acceptors (Lipinski definition) is 4. The Hall–Kier alpha value is -0.860. The molecular formula is C12H17BrN2O4S. The zero-order chi connectivity index (χ0) is 14.9. The molecule has 1 heterocycles. The summed E-state index contributed by atoms with van der Waals surface area (Å²) in [5.41, 5.74) is 0. The van der Waals surface area contributed by atoms with Crippen molar-refractivity contribution in [3.8, 4) is 0 Å². The predicted octanol–water partition coefficient (Wildman–Crippen LogP) is 2.00. The maximum atomic E-state index is 12.0. The maximum absolute atomic E-state index is 12.0. The highest BCUT2D eigenvalue weighted by Gasteiger charge is 2.26. The van der Waals surface area contributed by atoms with E-state index in [2.05, 4.69) is 21.2 Å². The van der Waals surface area contributed by atoms with Crippen LogP contribution in [0.4, 0.5) is 0 Å². The van der Waals surface area contributed by atoms with Gasteiger partial charge in [0, 0.05) is 12.1 Å². The molecule has 112 valence electrons. The van der Waals surface area contributed by atoms with Crippen molar-refractivity contribution in [2.75, 3.05) is 0 Å². The van der Waals surface area contributed by atoms with Crippen LogP contribution in [0.1, 0.15) is 43.2 Å². The van der Waals surface area contributed by atoms with Gasteiger partial charge in [0.2, 0.25) is 10.0 Å². The van der Waals surface area contributed by atoms with E-state index in [1.807, 2.05) is 6.92 Å². The van der Waals surface area contributed by atoms with Gasteiger partial charge >= 0.3 is 0 Å². The van der Waals surface area contributed by atoms with Crippen LogP contribution in [0.25, 0.3) is 0 Å². The number of furan rings is 1. The minimum atomic E-state index is -3.91. The van der Waals surface area contributed by atoms with Crippen LogP contribution < -0.4 is 10.5 Å². The molecule has 0 saturated heterocycles. The number of carbonyl (C=O) groups excluding carboxylic acids is 1. The number of carbonyl (C=O) groups is 1. The Bertz CT molecular complexity index is 605. The number of primary sulfonamides is 1. The lowest BCUT2D eigenvalue weighted by atomic mass is 10.00. The third kappa shape index (κ3) is 3.42. The van der Waals surface area contributed by atoms with Crippen LogP contribution in [0.5, 0.6) is 0 Å². The largest absolute Gasteiger partial charge is 0.443 e. The fourth-order valence-corrected chi connectivity index (χ4v) is 4.01. The molecule has 0 aliphatic heterocycles. The number of amides is 1. The minimum Gasteiger partial charge on any atom is -0.443 e. The van der Waals surface area contributed by atoms with Gasteiger partial charge in [-0.05, 0) is 41.6 Å². The average molecular weight is 365 g/mol. The summed E-state index contributed by atoms with van der Waals surface area (Å²) in [6, 6.07) is 1.17. The molecule has 2 rings (SSSR count). The van der Waals surface area contributed by atoms with Gasteiger partial charge in [-0.3, -0.25) is 4.79 Å². The Labute approximate surface area is 126 Å². The van der Waals surface area contributed by atoms with E-state index in [9.17, 15) is 13.2 Å². The van der Waals surface area contributed by atoms with Crippen LogP contribution in [-0.4, -0.2) is 20.4 Å². The van der Waals surface area contributed by atoms with E-state index in [4.69, 9.17) is 9.56 Å². The molecule has 1 amide bonds. The van der Waals surface area contributed by atoms with Crippen molar-refractivity contribution in [1.82, 2.24) is 5.32 Å². The molecule has 0 spiro atoms. The molecule has 0 aromatic carbocycles. The molecule has 1 saturated carbocycles. The Balaban J connectivity index is 2.10. The van der Waals surface area contributed by atoms with Gasteiger partial charge in [-0.2, -0.15) is 0 Å². The normalized spacial score (nSPS) is 18.1. The molecule has 6 nitrogen and oxygen atoms in total. The Morgan fingerprint density at radius 3 is 2.60 bits per heavy atom. The van der Waals surface area contributed by atoms with Gasteiger partial charge in [0.1, 0.15) is 4.90 Å². The average Bonchev–Trinajstić information content (AvgIpc) is 2.95. The highest BCUT2D eigenvalue weighted by Crippen LogP contribution is 2.28. The molecule has 1 aromatic rings. The van der Waals surface area contributed by atoms with E-state index in [1.165, 1.54) is 12.8 Å². The molecule has 1 aromatic heterocycles. The topological polar surface area (TPSA) is 102 Å². The van der Waals surface area contributed by atoms with E-state index in [-0.39, 0.29) is 21.4 Å². The lowest BCUT2D eigenvalue weighted by Crippen LogP contribution is -2.37. The molecule has 1 aliphatic carbocycles. The molecule has 3 N–H and O–H groups in total. The van der Waals surface area contributed by atoms with Crippen LogP contribution >= 0.6 is 15.9 Å². The van der Waals surface area contributed by atoms with Gasteiger partial charge in [-0.15, -0.1) is 0 Å². The summed E-state index contributed by atoms with van der Waals surface area (Å²) in [6.45, 7) is 1.95. The molecule has 1 atom stereocenters. The van der Waals surface area contributed by atoms with Gasteiger partial charge in [0.25, 0.3) is 5.91 Å². The predicted molar refractivity (Wildman–Crippen MR) is 76.7 cm³/mol. The van der Waals surface area contributed by atoms with Crippen molar-refractivity contribution in [3.05, 3.63) is 16.5 Å². The summed E-state index contributed by atoms with van der Waals surface area (Å²) >= 11 is 2.95. The third-order valence-electron chi connectivity index (χ3n) is 3.65. The SMILES string of the molecule is CC(NC(=O)c1cc(S(N)(=O)=O)c(Br)o1)C1CCCC1. The number of nitrogens with one attached hydrogen (secondary N) is 1. The van der Waals surface area contributed by atoms with E-state index in [0.29, 0.717) is 5.92 Å². The number of halogens is 1. The van der Waals surface area contributed by atoms with E-state index in [0.717, 1.165) is 18.9 Å².